The lowest BCUT2D eigenvalue weighted by Gasteiger charge is -2.14. The molecule has 1 amide bonds. The molecule has 0 spiro atoms. The number of fused-ring (bicyclic) bond motifs is 1. The van der Waals surface area contributed by atoms with Gasteiger partial charge in [-0.15, -0.1) is 0 Å². The Balaban J connectivity index is 1.93. The van der Waals surface area contributed by atoms with Crippen LogP contribution in [-0.4, -0.2) is 35.5 Å². The minimum atomic E-state index is 0.362. The maximum Gasteiger partial charge on any atom is 0.211 e. The summed E-state index contributed by atoms with van der Waals surface area (Å²) in [7, 11) is 4.00. The predicted octanol–water partition coefficient (Wildman–Crippen LogP) is 3.58. The van der Waals surface area contributed by atoms with Crippen molar-refractivity contribution in [3.05, 3.63) is 60.9 Å². The Morgan fingerprint density at radius 2 is 1.79 bits per heavy atom. The Morgan fingerprint density at radius 3 is 2.52 bits per heavy atom. The number of nitrogens with one attached hydrogen (secondary N) is 1. The van der Waals surface area contributed by atoms with Crippen LogP contribution in [0.1, 0.15) is 0 Å². The number of anilines is 3. The van der Waals surface area contributed by atoms with Crippen LogP contribution in [0.25, 0.3) is 33.4 Å². The number of nitrogens with two attached hydrogens (primary N) is 1. The van der Waals surface area contributed by atoms with E-state index in [0.29, 0.717) is 28.9 Å². The van der Waals surface area contributed by atoms with Gasteiger partial charge in [0.25, 0.3) is 0 Å². The normalized spacial score (nSPS) is 10.7. The maximum absolute atomic E-state index is 10.8. The molecule has 2 aromatic carbocycles. The molecule has 2 heterocycles. The number of amides is 1. The molecule has 2 aromatic heterocycles. The fourth-order valence-corrected chi connectivity index (χ4v) is 3.24. The van der Waals surface area contributed by atoms with Gasteiger partial charge < -0.3 is 16.0 Å². The van der Waals surface area contributed by atoms with E-state index in [1.165, 1.54) is 6.33 Å². The number of nitrogens with zero attached hydrogens (tertiary/aromatic N) is 4. The first-order chi connectivity index (χ1) is 14.1. The van der Waals surface area contributed by atoms with Crippen LogP contribution in [0.4, 0.5) is 17.2 Å². The second-order valence-electron chi connectivity index (χ2n) is 6.80. The summed E-state index contributed by atoms with van der Waals surface area (Å²) in [6.07, 6.45) is 2.07. The molecule has 4 aromatic rings. The van der Waals surface area contributed by atoms with Crippen LogP contribution in [0, 0.1) is 0 Å². The average molecular weight is 384 g/mol. The van der Waals surface area contributed by atoms with E-state index in [9.17, 15) is 4.79 Å². The number of pyridine rings is 1. The average Bonchev–Trinajstić information content (AvgIpc) is 2.74. The van der Waals surface area contributed by atoms with Gasteiger partial charge in [-0.25, -0.2) is 15.0 Å². The molecular formula is C22H20N6O. The zero-order valence-corrected chi connectivity index (χ0v) is 16.1. The summed E-state index contributed by atoms with van der Waals surface area (Å²) >= 11 is 0. The lowest BCUT2D eigenvalue weighted by atomic mass is 9.99. The Labute approximate surface area is 168 Å². The first-order valence-corrected chi connectivity index (χ1v) is 9.06. The Morgan fingerprint density at radius 1 is 1.00 bits per heavy atom. The molecule has 0 aliphatic carbocycles. The topological polar surface area (TPSA) is 97.0 Å². The first-order valence-electron chi connectivity index (χ1n) is 9.06. The Hall–Kier alpha value is -4.00. The zero-order chi connectivity index (χ0) is 20.4. The van der Waals surface area contributed by atoms with Crippen molar-refractivity contribution in [2.75, 3.05) is 30.0 Å². The van der Waals surface area contributed by atoms with Gasteiger partial charge in [0.1, 0.15) is 12.1 Å². The molecule has 0 radical (unpaired) electrons. The van der Waals surface area contributed by atoms with Crippen molar-refractivity contribution in [1.82, 2.24) is 15.0 Å². The summed E-state index contributed by atoms with van der Waals surface area (Å²) in [5, 5.41) is 3.36. The van der Waals surface area contributed by atoms with Gasteiger partial charge in [0.2, 0.25) is 6.41 Å². The summed E-state index contributed by atoms with van der Waals surface area (Å²) in [5.41, 5.74) is 12.0. The number of hydrogen-bond acceptors (Lipinski definition) is 6. The molecule has 0 saturated heterocycles. The monoisotopic (exact) mass is 384 g/mol. The lowest BCUT2D eigenvalue weighted by molar-refractivity contribution is -0.105. The molecule has 29 heavy (non-hydrogen) atoms. The molecule has 4 rings (SSSR count). The number of carbonyl (C=O) groups is 1. The van der Waals surface area contributed by atoms with Crippen molar-refractivity contribution in [2.24, 2.45) is 0 Å². The predicted molar refractivity (Wildman–Crippen MR) is 117 cm³/mol. The van der Waals surface area contributed by atoms with E-state index in [-0.39, 0.29) is 0 Å². The highest BCUT2D eigenvalue weighted by atomic mass is 16.1. The third kappa shape index (κ3) is 3.58. The number of aromatic nitrogens is 3. The molecule has 144 valence electrons. The second kappa shape index (κ2) is 7.55. The third-order valence-electron chi connectivity index (χ3n) is 4.71. The van der Waals surface area contributed by atoms with Crippen molar-refractivity contribution in [3.63, 3.8) is 0 Å². The highest BCUT2D eigenvalue weighted by Crippen LogP contribution is 2.34. The molecule has 0 atom stereocenters. The number of rotatable bonds is 5. The minimum absolute atomic E-state index is 0.362. The van der Waals surface area contributed by atoms with Crippen LogP contribution < -0.4 is 16.0 Å². The fraction of sp³-hybridized carbons (Fsp3) is 0.0909. The van der Waals surface area contributed by atoms with Crippen molar-refractivity contribution in [3.8, 4) is 22.4 Å². The van der Waals surface area contributed by atoms with Gasteiger partial charge in [0.05, 0.1) is 11.1 Å². The second-order valence-corrected chi connectivity index (χ2v) is 6.80. The smallest absolute Gasteiger partial charge is 0.211 e. The highest BCUT2D eigenvalue weighted by molar-refractivity contribution is 6.01. The van der Waals surface area contributed by atoms with Crippen molar-refractivity contribution in [1.29, 1.82) is 0 Å². The molecular weight excluding hydrogens is 364 g/mol. The highest BCUT2D eigenvalue weighted by Gasteiger charge is 2.14. The quantitative estimate of drug-likeness (QED) is 0.511. The van der Waals surface area contributed by atoms with Crippen LogP contribution >= 0.6 is 0 Å². The summed E-state index contributed by atoms with van der Waals surface area (Å²) in [5.74, 6) is 0.362. The van der Waals surface area contributed by atoms with Crippen molar-refractivity contribution >= 4 is 34.6 Å². The van der Waals surface area contributed by atoms with E-state index < -0.39 is 0 Å². The van der Waals surface area contributed by atoms with Gasteiger partial charge in [0, 0.05) is 31.0 Å². The minimum Gasteiger partial charge on any atom is -0.383 e. The summed E-state index contributed by atoms with van der Waals surface area (Å²) in [4.78, 5) is 26.1. The first kappa shape index (κ1) is 18.4. The molecule has 0 unspecified atom stereocenters. The number of nitrogen functional groups attached to an aromatic ring is 1. The van der Waals surface area contributed by atoms with E-state index >= 15 is 0 Å². The summed E-state index contributed by atoms with van der Waals surface area (Å²) < 4.78 is 0. The standard InChI is InChI=1S/C22H20N6O/c1-28(2)17-8-6-14(7-9-17)19-11-18(15-4-3-5-16(10-15)26-13-29)20-21(23)24-12-25-22(20)27-19/h3-13H,1-2H3,(H,26,29)(H2,23,24,25,27). The Bertz CT molecular complexity index is 1190. The number of carbonyl (C=O) groups excluding carboxylic acids is 1. The molecule has 3 N–H and O–H groups in total. The molecule has 7 nitrogen and oxygen atoms in total. The van der Waals surface area contributed by atoms with Gasteiger partial charge in [-0.1, -0.05) is 24.3 Å². The summed E-state index contributed by atoms with van der Waals surface area (Å²) in [6.45, 7) is 0. The van der Waals surface area contributed by atoms with Crippen LogP contribution in [0.15, 0.2) is 60.9 Å². The van der Waals surface area contributed by atoms with Crippen molar-refractivity contribution < 1.29 is 4.79 Å². The maximum atomic E-state index is 10.8. The van der Waals surface area contributed by atoms with E-state index in [0.717, 1.165) is 28.1 Å². The fourth-order valence-electron chi connectivity index (χ4n) is 3.24. The van der Waals surface area contributed by atoms with Gasteiger partial charge in [0.15, 0.2) is 5.65 Å². The van der Waals surface area contributed by atoms with Gasteiger partial charge >= 0.3 is 0 Å². The summed E-state index contributed by atoms with van der Waals surface area (Å²) in [6, 6.07) is 17.7. The van der Waals surface area contributed by atoms with Gasteiger partial charge in [-0.05, 0) is 41.5 Å². The number of hydrogen-bond donors (Lipinski definition) is 2. The lowest BCUT2D eigenvalue weighted by Crippen LogP contribution is -2.08. The van der Waals surface area contributed by atoms with Crippen LogP contribution in [0.2, 0.25) is 0 Å². The van der Waals surface area contributed by atoms with E-state index in [2.05, 4.69) is 15.3 Å². The van der Waals surface area contributed by atoms with Gasteiger partial charge in [-0.3, -0.25) is 4.79 Å². The van der Waals surface area contributed by atoms with Gasteiger partial charge in [-0.2, -0.15) is 0 Å². The largest absolute Gasteiger partial charge is 0.383 e. The number of benzene rings is 2. The molecule has 0 aliphatic rings. The molecule has 0 fully saturated rings. The van der Waals surface area contributed by atoms with Crippen molar-refractivity contribution in [2.45, 2.75) is 0 Å². The molecule has 0 saturated carbocycles. The zero-order valence-electron chi connectivity index (χ0n) is 16.1. The molecule has 0 aliphatic heterocycles. The Kier molecular flexibility index (Phi) is 4.78. The third-order valence-corrected chi connectivity index (χ3v) is 4.71. The van der Waals surface area contributed by atoms with E-state index in [4.69, 9.17) is 10.7 Å². The SMILES string of the molecule is CN(C)c1ccc(-c2cc(-c3cccc(NC=O)c3)c3c(N)ncnc3n2)cc1. The molecule has 7 heteroatoms. The van der Waals surface area contributed by atoms with Crippen LogP contribution in [0.5, 0.6) is 0 Å². The van der Waals surface area contributed by atoms with Crippen LogP contribution in [0.3, 0.4) is 0 Å². The van der Waals surface area contributed by atoms with E-state index in [1.807, 2.05) is 73.6 Å². The molecule has 0 bridgehead atoms. The van der Waals surface area contributed by atoms with Crippen LogP contribution in [-0.2, 0) is 4.79 Å². The van der Waals surface area contributed by atoms with E-state index in [1.54, 1.807) is 0 Å².